The van der Waals surface area contributed by atoms with Gasteiger partial charge in [-0.1, -0.05) is 54.6 Å². The molecule has 2 N–H and O–H groups in total. The number of allylic oxidation sites excluding steroid dienone is 1. The Morgan fingerprint density at radius 1 is 0.939 bits per heavy atom. The van der Waals surface area contributed by atoms with Crippen LogP contribution in [0.2, 0.25) is 0 Å². The van der Waals surface area contributed by atoms with Gasteiger partial charge in [-0.15, -0.1) is 0 Å². The minimum absolute atomic E-state index is 0.0819. The monoisotopic (exact) mass is 443 g/mol. The van der Waals surface area contributed by atoms with Gasteiger partial charge in [-0.3, -0.25) is 14.5 Å². The van der Waals surface area contributed by atoms with Gasteiger partial charge in [0.15, 0.2) is 11.5 Å². The zero-order valence-corrected chi connectivity index (χ0v) is 17.2. The lowest BCUT2D eigenvalue weighted by molar-refractivity contribution is -0.117. The van der Waals surface area contributed by atoms with E-state index in [-0.39, 0.29) is 22.4 Å². The zero-order chi connectivity index (χ0) is 23.5. The first-order valence-corrected chi connectivity index (χ1v) is 10.00. The molecule has 1 heterocycles. The van der Waals surface area contributed by atoms with Gasteiger partial charge >= 0.3 is 5.97 Å². The second-order valence-electron chi connectivity index (χ2n) is 7.36. The molecule has 1 amide bonds. The summed E-state index contributed by atoms with van der Waals surface area (Å²) >= 11 is 0. The van der Waals surface area contributed by atoms with Gasteiger partial charge < -0.3 is 10.2 Å². The number of amides is 1. The van der Waals surface area contributed by atoms with Crippen molar-refractivity contribution in [2.45, 2.75) is 6.04 Å². The highest BCUT2D eigenvalue weighted by molar-refractivity contribution is 6.20. The van der Waals surface area contributed by atoms with Crippen LogP contribution in [0.5, 0.6) is 0 Å². The lowest BCUT2D eigenvalue weighted by atomic mass is 9.95. The molecule has 0 spiro atoms. The minimum Gasteiger partial charge on any atom is -0.503 e. The average Bonchev–Trinajstić information content (AvgIpc) is 3.09. The Morgan fingerprint density at radius 3 is 2.36 bits per heavy atom. The Hall–Kier alpha value is -4.52. The Morgan fingerprint density at radius 2 is 1.67 bits per heavy atom. The maximum atomic E-state index is 14.1. The quantitative estimate of drug-likeness (QED) is 0.538. The Kier molecular flexibility index (Phi) is 5.87. The number of carboxylic acid groups (broad SMARTS) is 1. The molecular weight excluding hydrogens is 425 g/mol. The molecule has 33 heavy (non-hydrogen) atoms. The van der Waals surface area contributed by atoms with Crippen molar-refractivity contribution in [3.8, 4) is 0 Å². The summed E-state index contributed by atoms with van der Waals surface area (Å²) in [6.07, 6.45) is 2.78. The van der Waals surface area contributed by atoms with Crippen molar-refractivity contribution in [2.75, 3.05) is 4.90 Å². The number of halogens is 1. The first-order valence-electron chi connectivity index (χ1n) is 10.00. The van der Waals surface area contributed by atoms with Crippen molar-refractivity contribution in [1.29, 1.82) is 0 Å². The van der Waals surface area contributed by atoms with E-state index < -0.39 is 35.3 Å². The third-order valence-electron chi connectivity index (χ3n) is 5.24. The van der Waals surface area contributed by atoms with Gasteiger partial charge in [-0.05, 0) is 47.5 Å². The van der Waals surface area contributed by atoms with E-state index in [1.165, 1.54) is 54.6 Å². The molecule has 1 atom stereocenters. The van der Waals surface area contributed by atoms with Crippen molar-refractivity contribution in [3.63, 3.8) is 0 Å². The summed E-state index contributed by atoms with van der Waals surface area (Å²) < 4.78 is 14.1. The normalized spacial score (nSPS) is 16.0. The Bertz CT molecular complexity index is 1310. The van der Waals surface area contributed by atoms with E-state index in [9.17, 15) is 29.0 Å². The van der Waals surface area contributed by atoms with Gasteiger partial charge in [-0.2, -0.15) is 0 Å². The van der Waals surface area contributed by atoms with Crippen LogP contribution in [0, 0.1) is 5.82 Å². The number of rotatable bonds is 6. The molecule has 0 fully saturated rings. The Labute approximate surface area is 188 Å². The number of aliphatic hydroxyl groups excluding tert-OH is 1. The molecule has 0 saturated carbocycles. The fourth-order valence-electron chi connectivity index (χ4n) is 3.73. The predicted octanol–water partition coefficient (Wildman–Crippen LogP) is 4.71. The molecule has 0 bridgehead atoms. The van der Waals surface area contributed by atoms with Crippen LogP contribution in [0.25, 0.3) is 6.08 Å². The number of hydrogen-bond donors (Lipinski definition) is 2. The molecule has 6 nitrogen and oxygen atoms in total. The van der Waals surface area contributed by atoms with Crippen molar-refractivity contribution in [3.05, 3.63) is 119 Å². The number of hydrogen-bond acceptors (Lipinski definition) is 4. The summed E-state index contributed by atoms with van der Waals surface area (Å²) in [5.41, 5.74) is 0.837. The largest absolute Gasteiger partial charge is 0.503 e. The van der Waals surface area contributed by atoms with Crippen LogP contribution in [0.3, 0.4) is 0 Å². The highest BCUT2D eigenvalue weighted by atomic mass is 19.1. The number of carbonyl (C=O) groups is 3. The topological polar surface area (TPSA) is 94.9 Å². The van der Waals surface area contributed by atoms with Gasteiger partial charge in [0, 0.05) is 5.69 Å². The molecule has 0 aliphatic carbocycles. The van der Waals surface area contributed by atoms with Crippen LogP contribution < -0.4 is 4.90 Å². The lowest BCUT2D eigenvalue weighted by Gasteiger charge is -2.27. The molecule has 0 unspecified atom stereocenters. The molecule has 1 aliphatic heterocycles. The minimum atomic E-state index is -1.20. The molecule has 3 aromatic rings. The summed E-state index contributed by atoms with van der Waals surface area (Å²) in [4.78, 5) is 38.7. The smallest absolute Gasteiger partial charge is 0.335 e. The van der Waals surface area contributed by atoms with Crippen LogP contribution in [0.4, 0.5) is 10.1 Å². The van der Waals surface area contributed by atoms with Gasteiger partial charge in [-0.25, -0.2) is 9.18 Å². The van der Waals surface area contributed by atoms with E-state index in [1.807, 2.05) is 6.07 Å². The maximum Gasteiger partial charge on any atom is 0.335 e. The number of anilines is 1. The molecule has 7 heteroatoms. The summed E-state index contributed by atoms with van der Waals surface area (Å²) in [5.74, 6) is -4.07. The molecular formula is C26H18FNO5. The van der Waals surface area contributed by atoms with Crippen LogP contribution in [0.1, 0.15) is 27.5 Å². The van der Waals surface area contributed by atoms with Crippen LogP contribution in [0.15, 0.2) is 96.3 Å². The first-order chi connectivity index (χ1) is 15.9. The molecule has 3 aromatic carbocycles. The summed E-state index contributed by atoms with van der Waals surface area (Å²) in [6, 6.07) is 18.7. The number of nitrogens with zero attached hydrogens (tertiary/aromatic N) is 1. The van der Waals surface area contributed by atoms with Crippen LogP contribution in [-0.4, -0.2) is 27.9 Å². The maximum absolute atomic E-state index is 14.1. The Balaban J connectivity index is 1.82. The van der Waals surface area contributed by atoms with Crippen molar-refractivity contribution >= 4 is 29.4 Å². The number of aromatic carboxylic acids is 1. The number of ketones is 1. The SMILES string of the molecule is O=C(/C=C/c1ccccc1)C1=C(O)C(=O)N(c2cccc(C(=O)O)c2)[C@H]1c1cccc(F)c1. The van der Waals surface area contributed by atoms with Gasteiger partial charge in [0.1, 0.15) is 5.82 Å². The van der Waals surface area contributed by atoms with E-state index in [0.717, 1.165) is 10.5 Å². The number of benzene rings is 3. The third kappa shape index (κ3) is 4.29. The fourth-order valence-corrected chi connectivity index (χ4v) is 3.73. The molecule has 0 radical (unpaired) electrons. The standard InChI is InChI=1S/C26H18FNO5/c27-19-10-4-8-17(14-19)23-22(21(29)13-12-16-6-2-1-3-7-16)24(30)25(31)28(23)20-11-5-9-18(15-20)26(32)33/h1-15,23,30H,(H,32,33)/b13-12+/t23-/m0/s1. The van der Waals surface area contributed by atoms with E-state index in [1.54, 1.807) is 30.3 Å². The van der Waals surface area contributed by atoms with Gasteiger partial charge in [0.25, 0.3) is 5.91 Å². The lowest BCUT2D eigenvalue weighted by Crippen LogP contribution is -2.31. The molecule has 164 valence electrons. The van der Waals surface area contributed by atoms with Gasteiger partial charge in [0.05, 0.1) is 17.2 Å². The van der Waals surface area contributed by atoms with E-state index >= 15 is 0 Å². The molecule has 4 rings (SSSR count). The zero-order valence-electron chi connectivity index (χ0n) is 17.2. The highest BCUT2D eigenvalue weighted by Crippen LogP contribution is 2.41. The van der Waals surface area contributed by atoms with Crippen LogP contribution >= 0.6 is 0 Å². The van der Waals surface area contributed by atoms with Crippen molar-refractivity contribution in [2.24, 2.45) is 0 Å². The summed E-state index contributed by atoms with van der Waals surface area (Å²) in [6.45, 7) is 0. The van der Waals surface area contributed by atoms with E-state index in [4.69, 9.17) is 0 Å². The van der Waals surface area contributed by atoms with E-state index in [0.29, 0.717) is 0 Å². The number of carboxylic acids is 1. The summed E-state index contributed by atoms with van der Waals surface area (Å²) in [7, 11) is 0. The van der Waals surface area contributed by atoms with Gasteiger partial charge in [0.2, 0.25) is 0 Å². The summed E-state index contributed by atoms with van der Waals surface area (Å²) in [5, 5.41) is 20.0. The number of carbonyl (C=O) groups excluding carboxylic acids is 2. The van der Waals surface area contributed by atoms with Crippen molar-refractivity contribution < 1.29 is 29.0 Å². The second kappa shape index (κ2) is 8.92. The first kappa shape index (κ1) is 21.7. The fraction of sp³-hybridized carbons (Fsp3) is 0.0385. The third-order valence-corrected chi connectivity index (χ3v) is 5.24. The van der Waals surface area contributed by atoms with Crippen molar-refractivity contribution in [1.82, 2.24) is 0 Å². The van der Waals surface area contributed by atoms with Crippen LogP contribution in [-0.2, 0) is 9.59 Å². The molecule has 1 aliphatic rings. The average molecular weight is 443 g/mol. The van der Waals surface area contributed by atoms with E-state index in [2.05, 4.69) is 0 Å². The molecule has 0 saturated heterocycles. The molecule has 0 aromatic heterocycles. The number of aliphatic hydroxyl groups is 1. The second-order valence-corrected chi connectivity index (χ2v) is 7.36. The highest BCUT2D eigenvalue weighted by Gasteiger charge is 2.44. The predicted molar refractivity (Wildman–Crippen MR) is 120 cm³/mol.